The van der Waals surface area contributed by atoms with Gasteiger partial charge in [-0.25, -0.2) is 4.79 Å². The Bertz CT molecular complexity index is 641. The zero-order chi connectivity index (χ0) is 23.3. The zero-order valence-corrected chi connectivity index (χ0v) is 18.8. The molecule has 0 aromatic carbocycles. The fourth-order valence-electron chi connectivity index (χ4n) is 2.81. The van der Waals surface area contributed by atoms with Crippen LogP contribution in [-0.2, 0) is 23.9 Å². The van der Waals surface area contributed by atoms with Crippen molar-refractivity contribution in [1.82, 2.24) is 15.3 Å². The molecular weight excluding hydrogens is 388 g/mol. The molecule has 0 bridgehead atoms. The third kappa shape index (κ3) is 11.5. The summed E-state index contributed by atoms with van der Waals surface area (Å²) in [5, 5.41) is 5.30. The molecule has 0 fully saturated rings. The van der Waals surface area contributed by atoms with E-state index in [9.17, 15) is 19.2 Å². The number of nitrogens with zero attached hydrogens (tertiary/aromatic N) is 1. The van der Waals surface area contributed by atoms with E-state index in [0.717, 1.165) is 6.21 Å². The maximum Gasteiger partial charge on any atom is 0.334 e. The lowest BCUT2D eigenvalue weighted by atomic mass is 10.00. The lowest BCUT2D eigenvalue weighted by Gasteiger charge is -2.25. The maximum absolute atomic E-state index is 12.9. The van der Waals surface area contributed by atoms with E-state index in [1.165, 1.54) is 0 Å². The van der Waals surface area contributed by atoms with Crippen LogP contribution in [0.15, 0.2) is 0 Å². The number of hydrogen-bond donors (Lipinski definition) is 3. The minimum absolute atomic E-state index is 0.0107. The van der Waals surface area contributed by atoms with Gasteiger partial charge in [-0.2, -0.15) is 0 Å². The van der Waals surface area contributed by atoms with Crippen LogP contribution in [0.1, 0.15) is 60.3 Å². The van der Waals surface area contributed by atoms with Crippen molar-refractivity contribution in [2.75, 3.05) is 6.61 Å². The fraction of sp³-hybridized carbons (Fsp3) is 0.714. The Hall–Kier alpha value is -2.51. The predicted octanol–water partition coefficient (Wildman–Crippen LogP) is 0.127. The van der Waals surface area contributed by atoms with Crippen molar-refractivity contribution in [2.45, 2.75) is 78.4 Å². The van der Waals surface area contributed by atoms with Crippen LogP contribution in [0.3, 0.4) is 0 Å². The summed E-state index contributed by atoms with van der Waals surface area (Å²) >= 11 is 0. The number of esters is 1. The SMILES string of the molecule is C=[N+]=CC(=O)CC[C@H](NC(=O)[C@H](CC(C)C)NC(=O)[C@@H](N)CC(C)C)C(=O)OCC. The molecule has 9 heteroatoms. The molecule has 0 rings (SSSR count). The van der Waals surface area contributed by atoms with E-state index in [1.54, 1.807) is 6.92 Å². The largest absolute Gasteiger partial charge is 0.464 e. The van der Waals surface area contributed by atoms with E-state index in [1.807, 2.05) is 27.7 Å². The summed E-state index contributed by atoms with van der Waals surface area (Å²) in [6.45, 7) is 12.7. The van der Waals surface area contributed by atoms with Crippen LogP contribution in [0.25, 0.3) is 0 Å². The lowest BCUT2D eigenvalue weighted by molar-refractivity contribution is -0.148. The molecule has 0 aromatic heterocycles. The molecule has 4 N–H and O–H groups in total. The van der Waals surface area contributed by atoms with Gasteiger partial charge in [-0.05, 0) is 38.0 Å². The molecule has 0 unspecified atom stereocenters. The number of carbonyl (C=O) groups is 4. The Kier molecular flexibility index (Phi) is 13.3. The number of rotatable bonds is 14. The van der Waals surface area contributed by atoms with Gasteiger partial charge in [-0.3, -0.25) is 14.4 Å². The summed E-state index contributed by atoms with van der Waals surface area (Å²) in [4.78, 5) is 49.2. The van der Waals surface area contributed by atoms with Gasteiger partial charge < -0.3 is 21.1 Å². The van der Waals surface area contributed by atoms with Crippen molar-refractivity contribution in [3.05, 3.63) is 0 Å². The fourth-order valence-corrected chi connectivity index (χ4v) is 2.81. The molecule has 2 amide bonds. The van der Waals surface area contributed by atoms with Crippen molar-refractivity contribution in [1.29, 1.82) is 0 Å². The molecule has 30 heavy (non-hydrogen) atoms. The van der Waals surface area contributed by atoms with Gasteiger partial charge in [0.2, 0.25) is 17.6 Å². The summed E-state index contributed by atoms with van der Waals surface area (Å²) in [7, 11) is 0. The smallest absolute Gasteiger partial charge is 0.334 e. The van der Waals surface area contributed by atoms with E-state index in [4.69, 9.17) is 10.5 Å². The van der Waals surface area contributed by atoms with Crippen LogP contribution in [0.5, 0.6) is 0 Å². The Morgan fingerprint density at radius 1 is 1.00 bits per heavy atom. The number of carbonyl (C=O) groups excluding carboxylic acids is 4. The van der Waals surface area contributed by atoms with Gasteiger partial charge in [0, 0.05) is 6.42 Å². The Labute approximate surface area is 178 Å². The van der Waals surface area contributed by atoms with Gasteiger partial charge >= 0.3 is 12.2 Å². The van der Waals surface area contributed by atoms with E-state index in [2.05, 4.69) is 22.0 Å². The summed E-state index contributed by atoms with van der Waals surface area (Å²) in [6.07, 6.45) is 1.95. The van der Waals surface area contributed by atoms with Crippen LogP contribution >= 0.6 is 0 Å². The van der Waals surface area contributed by atoms with Crippen molar-refractivity contribution < 1.29 is 23.9 Å². The molecule has 3 atom stereocenters. The highest BCUT2D eigenvalue weighted by Gasteiger charge is 2.29. The second kappa shape index (κ2) is 14.5. The van der Waals surface area contributed by atoms with Crippen LogP contribution in [0.4, 0.5) is 0 Å². The summed E-state index contributed by atoms with van der Waals surface area (Å²) in [5.74, 6) is -1.56. The molecular formula is C21H37N4O5+. The summed E-state index contributed by atoms with van der Waals surface area (Å²) in [5.41, 5.74) is 5.92. The van der Waals surface area contributed by atoms with Gasteiger partial charge in [0.25, 0.3) is 6.72 Å². The lowest BCUT2D eigenvalue weighted by Crippen LogP contribution is -2.55. The zero-order valence-electron chi connectivity index (χ0n) is 18.8. The number of Topliss-reactive ketones (excluding diaryl/α,β-unsaturated/α-hetero) is 1. The average Bonchev–Trinajstić information content (AvgIpc) is 2.63. The molecule has 170 valence electrons. The van der Waals surface area contributed by atoms with Crippen LogP contribution in [0, 0.1) is 11.8 Å². The Balaban J connectivity index is 5.29. The van der Waals surface area contributed by atoms with Crippen LogP contribution < -0.4 is 21.0 Å². The number of hydrogen-bond acceptors (Lipinski definition) is 6. The topological polar surface area (TPSA) is 142 Å². The number of ketones is 1. The van der Waals surface area contributed by atoms with E-state index in [-0.39, 0.29) is 37.1 Å². The van der Waals surface area contributed by atoms with Crippen LogP contribution in [-0.4, -0.2) is 61.2 Å². The molecule has 0 aromatic rings. The second-order valence-electron chi connectivity index (χ2n) is 8.06. The summed E-state index contributed by atoms with van der Waals surface area (Å²) < 4.78 is 8.40. The van der Waals surface area contributed by atoms with E-state index in [0.29, 0.717) is 12.8 Å². The van der Waals surface area contributed by atoms with Gasteiger partial charge in [0.15, 0.2) is 0 Å². The summed E-state index contributed by atoms with van der Waals surface area (Å²) in [6, 6.07) is -2.60. The molecule has 0 aliphatic heterocycles. The molecule has 0 saturated carbocycles. The van der Waals surface area contributed by atoms with Gasteiger partial charge in [-0.1, -0.05) is 27.7 Å². The van der Waals surface area contributed by atoms with Crippen molar-refractivity contribution in [3.8, 4) is 0 Å². The van der Waals surface area contributed by atoms with E-state index >= 15 is 0 Å². The molecule has 0 radical (unpaired) electrons. The number of ether oxygens (including phenoxy) is 1. The average molecular weight is 426 g/mol. The highest BCUT2D eigenvalue weighted by atomic mass is 16.5. The van der Waals surface area contributed by atoms with Crippen molar-refractivity contribution in [3.63, 3.8) is 0 Å². The quantitative estimate of drug-likeness (QED) is 0.205. The first-order valence-electron chi connectivity index (χ1n) is 10.4. The highest BCUT2D eigenvalue weighted by Crippen LogP contribution is 2.09. The molecule has 0 aliphatic rings. The van der Waals surface area contributed by atoms with E-state index < -0.39 is 35.9 Å². The Morgan fingerprint density at radius 2 is 1.57 bits per heavy atom. The number of amides is 2. The normalized spacial score (nSPS) is 13.7. The van der Waals surface area contributed by atoms with Gasteiger partial charge in [-0.15, -0.1) is 4.67 Å². The number of nitrogens with two attached hydrogens (primary N) is 1. The van der Waals surface area contributed by atoms with Crippen LogP contribution in [0.2, 0.25) is 0 Å². The third-order valence-corrected chi connectivity index (χ3v) is 4.20. The minimum Gasteiger partial charge on any atom is -0.464 e. The maximum atomic E-state index is 12.9. The molecule has 9 nitrogen and oxygen atoms in total. The monoisotopic (exact) mass is 425 g/mol. The molecule has 0 heterocycles. The number of nitrogens with one attached hydrogen (secondary N) is 2. The molecule has 0 aliphatic carbocycles. The van der Waals surface area contributed by atoms with Gasteiger partial charge in [0.05, 0.1) is 12.6 Å². The molecule has 0 saturated heterocycles. The highest BCUT2D eigenvalue weighted by molar-refractivity contribution is 6.27. The Morgan fingerprint density at radius 3 is 2.07 bits per heavy atom. The molecule has 0 spiro atoms. The third-order valence-electron chi connectivity index (χ3n) is 4.20. The first kappa shape index (κ1) is 27.5. The predicted molar refractivity (Wildman–Crippen MR) is 117 cm³/mol. The first-order valence-corrected chi connectivity index (χ1v) is 10.4. The van der Waals surface area contributed by atoms with Crippen molar-refractivity contribution in [2.24, 2.45) is 17.6 Å². The minimum atomic E-state index is -1.02. The second-order valence-corrected chi connectivity index (χ2v) is 8.06. The standard InChI is InChI=1S/C21H36N4O5/c1-7-30-21(29)17(9-8-15(26)12-23-6)24-20(28)18(11-14(4)5)25-19(27)16(22)10-13(2)3/h12-14,16-18H,6-11,22H2,1-5H3,(H-,24,25,27,28)/p+1/t16-,17-,18-/m0/s1. The first-order chi connectivity index (χ1) is 14.0. The van der Waals surface area contributed by atoms with Crippen molar-refractivity contribution >= 4 is 36.5 Å². The van der Waals surface area contributed by atoms with Gasteiger partial charge in [0.1, 0.15) is 12.1 Å².